The number of aryl methyl sites for hydroxylation is 2. The number of anilines is 1. The van der Waals surface area contributed by atoms with Crippen LogP contribution in [0.15, 0.2) is 6.20 Å². The molecule has 1 amide bonds. The second-order valence-corrected chi connectivity index (χ2v) is 8.11. The summed E-state index contributed by atoms with van der Waals surface area (Å²) in [6.07, 6.45) is 10.1. The number of carbonyl (C=O) groups excluding carboxylic acids is 1. The van der Waals surface area contributed by atoms with Gasteiger partial charge in [-0.2, -0.15) is 0 Å². The first-order chi connectivity index (χ1) is 13.2. The van der Waals surface area contributed by atoms with Gasteiger partial charge in [0.05, 0.1) is 5.69 Å². The Hall–Kier alpha value is -2.51. The van der Waals surface area contributed by atoms with Gasteiger partial charge < -0.3 is 15.2 Å². The number of likely N-dealkylation sites (tertiary alicyclic amines) is 1. The first-order valence-corrected chi connectivity index (χ1v) is 9.99. The summed E-state index contributed by atoms with van der Waals surface area (Å²) in [6.45, 7) is 2.28. The highest BCUT2D eigenvalue weighted by atomic mass is 16.2. The van der Waals surface area contributed by atoms with E-state index < -0.39 is 0 Å². The second-order valence-electron chi connectivity index (χ2n) is 8.11. The number of hydrogen-bond acceptors (Lipinski definition) is 6. The molecule has 142 valence electrons. The van der Waals surface area contributed by atoms with Crippen LogP contribution in [0.25, 0.3) is 0 Å². The lowest BCUT2D eigenvalue weighted by Crippen LogP contribution is -2.48. The molecule has 2 N–H and O–H groups in total. The summed E-state index contributed by atoms with van der Waals surface area (Å²) in [5.74, 6) is 1.78. The zero-order chi connectivity index (χ0) is 18.4. The summed E-state index contributed by atoms with van der Waals surface area (Å²) in [6, 6.07) is 0. The van der Waals surface area contributed by atoms with Crippen LogP contribution in [0.4, 0.5) is 5.95 Å². The molecule has 1 spiro atoms. The third-order valence-electron chi connectivity index (χ3n) is 6.42. The lowest BCUT2D eigenvalue weighted by molar-refractivity contribution is 0.0615. The molecule has 0 radical (unpaired) electrons. The fraction of sp³-hybridized carbons (Fsp3) is 0.632. The van der Waals surface area contributed by atoms with Crippen molar-refractivity contribution in [2.75, 3.05) is 18.8 Å². The van der Waals surface area contributed by atoms with Crippen LogP contribution in [-0.2, 0) is 24.8 Å². The lowest BCUT2D eigenvalue weighted by atomic mass is 9.77. The molecule has 27 heavy (non-hydrogen) atoms. The summed E-state index contributed by atoms with van der Waals surface area (Å²) < 4.78 is 2.04. The highest BCUT2D eigenvalue weighted by molar-refractivity contribution is 5.91. The third kappa shape index (κ3) is 2.69. The van der Waals surface area contributed by atoms with Gasteiger partial charge in [-0.25, -0.2) is 9.97 Å². The number of nitrogens with zero attached hydrogens (tertiary/aromatic N) is 6. The average molecular weight is 367 g/mol. The van der Waals surface area contributed by atoms with Crippen LogP contribution < -0.4 is 5.73 Å². The van der Waals surface area contributed by atoms with Gasteiger partial charge >= 0.3 is 0 Å². The number of carbonyl (C=O) groups is 1. The van der Waals surface area contributed by atoms with Gasteiger partial charge in [0.15, 0.2) is 0 Å². The molecule has 0 aromatic carbocycles. The summed E-state index contributed by atoms with van der Waals surface area (Å²) in [7, 11) is 0. The average Bonchev–Trinajstić information content (AvgIpc) is 3.14. The van der Waals surface area contributed by atoms with E-state index >= 15 is 0 Å². The molecule has 4 heterocycles. The monoisotopic (exact) mass is 367 g/mol. The Balaban J connectivity index is 1.44. The lowest BCUT2D eigenvalue weighted by Gasteiger charge is -2.40. The maximum absolute atomic E-state index is 13.3. The summed E-state index contributed by atoms with van der Waals surface area (Å²) in [5, 5.41) is 8.56. The van der Waals surface area contributed by atoms with Crippen LogP contribution >= 0.6 is 0 Å². The zero-order valence-corrected chi connectivity index (χ0v) is 15.5. The molecule has 1 saturated heterocycles. The molecule has 8 heteroatoms. The van der Waals surface area contributed by atoms with E-state index in [9.17, 15) is 4.79 Å². The largest absolute Gasteiger partial charge is 0.368 e. The molecule has 8 nitrogen and oxygen atoms in total. The second kappa shape index (κ2) is 6.28. The van der Waals surface area contributed by atoms with Crippen molar-refractivity contribution >= 4 is 11.9 Å². The molecule has 2 aliphatic heterocycles. The number of nitrogens with two attached hydrogens (primary N) is 1. The fourth-order valence-corrected chi connectivity index (χ4v) is 5.04. The van der Waals surface area contributed by atoms with Crippen molar-refractivity contribution in [3.05, 3.63) is 29.1 Å². The minimum atomic E-state index is -0.0953. The molecule has 1 fully saturated rings. The van der Waals surface area contributed by atoms with E-state index in [2.05, 4.69) is 20.2 Å². The highest BCUT2D eigenvalue weighted by Gasteiger charge is 2.45. The van der Waals surface area contributed by atoms with Gasteiger partial charge in [-0.15, -0.1) is 10.2 Å². The van der Waals surface area contributed by atoms with Gasteiger partial charge in [0.25, 0.3) is 5.91 Å². The zero-order valence-electron chi connectivity index (χ0n) is 15.5. The van der Waals surface area contributed by atoms with E-state index in [1.165, 1.54) is 12.0 Å². The molecule has 1 unspecified atom stereocenters. The van der Waals surface area contributed by atoms with Crippen LogP contribution in [0, 0.1) is 0 Å². The van der Waals surface area contributed by atoms with Gasteiger partial charge in [0.2, 0.25) is 11.8 Å². The normalized spacial score (nSPS) is 24.5. The molecule has 0 saturated carbocycles. The topological polar surface area (TPSA) is 103 Å². The Morgan fingerprint density at radius 1 is 1.07 bits per heavy atom. The number of hydrogen-bond donors (Lipinski definition) is 1. The number of fused-ring (bicyclic) bond motifs is 3. The minimum Gasteiger partial charge on any atom is -0.368 e. The van der Waals surface area contributed by atoms with Crippen molar-refractivity contribution < 1.29 is 4.79 Å². The first-order valence-electron chi connectivity index (χ1n) is 9.99. The van der Waals surface area contributed by atoms with Crippen molar-refractivity contribution in [1.82, 2.24) is 29.6 Å². The van der Waals surface area contributed by atoms with Crippen molar-refractivity contribution in [2.45, 2.75) is 63.3 Å². The maximum Gasteiger partial charge on any atom is 0.291 e. The Bertz CT molecular complexity index is 888. The van der Waals surface area contributed by atoms with Gasteiger partial charge in [-0.3, -0.25) is 4.79 Å². The Morgan fingerprint density at radius 3 is 2.93 bits per heavy atom. The molecule has 2 aromatic heterocycles. The number of amides is 1. The molecule has 2 aromatic rings. The van der Waals surface area contributed by atoms with Crippen LogP contribution in [0.1, 0.15) is 66.2 Å². The Morgan fingerprint density at radius 2 is 2.00 bits per heavy atom. The molecule has 1 aliphatic carbocycles. The van der Waals surface area contributed by atoms with Crippen LogP contribution in [-0.4, -0.2) is 48.6 Å². The summed E-state index contributed by atoms with van der Waals surface area (Å²) in [4.78, 5) is 24.0. The van der Waals surface area contributed by atoms with Crippen molar-refractivity contribution in [1.29, 1.82) is 0 Å². The van der Waals surface area contributed by atoms with E-state index in [0.29, 0.717) is 18.3 Å². The van der Waals surface area contributed by atoms with E-state index in [1.807, 2.05) is 15.7 Å². The third-order valence-corrected chi connectivity index (χ3v) is 6.42. The van der Waals surface area contributed by atoms with Gasteiger partial charge in [-0.05, 0) is 44.1 Å². The quantitative estimate of drug-likeness (QED) is 0.819. The van der Waals surface area contributed by atoms with Crippen molar-refractivity contribution in [3.63, 3.8) is 0 Å². The highest BCUT2D eigenvalue weighted by Crippen LogP contribution is 2.44. The molecule has 0 bridgehead atoms. The molecular weight excluding hydrogens is 342 g/mol. The minimum absolute atomic E-state index is 0.00482. The van der Waals surface area contributed by atoms with Gasteiger partial charge in [0, 0.05) is 37.7 Å². The summed E-state index contributed by atoms with van der Waals surface area (Å²) in [5.41, 5.74) is 7.99. The number of nitrogen functional groups attached to an aromatic ring is 1. The maximum atomic E-state index is 13.3. The van der Waals surface area contributed by atoms with E-state index in [0.717, 1.165) is 69.6 Å². The SMILES string of the molecule is Nc1ncc2c(n1)C1(CCCN(C(=O)c3nnc4n3CCCCC4)C1)CC2. The molecule has 1 atom stereocenters. The van der Waals surface area contributed by atoms with Gasteiger partial charge in [-0.1, -0.05) is 6.42 Å². The summed E-state index contributed by atoms with van der Waals surface area (Å²) >= 11 is 0. The number of piperidine rings is 1. The number of rotatable bonds is 1. The standard InChI is InChI=1S/C19H25N7O/c20-18-21-11-13-6-8-19(15(13)22-18)7-4-9-25(12-19)17(27)16-24-23-14-5-2-1-3-10-26(14)16/h11H,1-10,12H2,(H2,20,21,22). The van der Waals surface area contributed by atoms with Crippen LogP contribution in [0.5, 0.6) is 0 Å². The predicted molar refractivity (Wildman–Crippen MR) is 99.2 cm³/mol. The molecule has 3 aliphatic rings. The Kier molecular flexibility index (Phi) is 3.87. The van der Waals surface area contributed by atoms with E-state index in [1.54, 1.807) is 0 Å². The van der Waals surface area contributed by atoms with Gasteiger partial charge in [0.1, 0.15) is 5.82 Å². The predicted octanol–water partition coefficient (Wildman–Crippen LogP) is 1.50. The van der Waals surface area contributed by atoms with E-state index in [-0.39, 0.29) is 11.3 Å². The van der Waals surface area contributed by atoms with Crippen LogP contribution in [0.3, 0.4) is 0 Å². The smallest absolute Gasteiger partial charge is 0.291 e. The van der Waals surface area contributed by atoms with E-state index in [4.69, 9.17) is 5.73 Å². The molecular formula is C19H25N7O. The van der Waals surface area contributed by atoms with Crippen molar-refractivity contribution in [3.8, 4) is 0 Å². The fourth-order valence-electron chi connectivity index (χ4n) is 5.04. The van der Waals surface area contributed by atoms with Crippen LogP contribution in [0.2, 0.25) is 0 Å². The first kappa shape index (κ1) is 16.6. The molecule has 5 rings (SSSR count). The number of aromatic nitrogens is 5. The van der Waals surface area contributed by atoms with Crippen molar-refractivity contribution in [2.24, 2.45) is 0 Å². The Labute approximate surface area is 158 Å².